The Kier molecular flexibility index (Phi) is 12.1. The molecule has 0 aromatic rings. The van der Waals surface area contributed by atoms with Crippen LogP contribution in [-0.2, 0) is 28.8 Å². The van der Waals surface area contributed by atoms with Crippen molar-refractivity contribution in [1.82, 2.24) is 20.9 Å². The summed E-state index contributed by atoms with van der Waals surface area (Å²) in [4.78, 5) is 74.8. The van der Waals surface area contributed by atoms with Gasteiger partial charge in [0.05, 0.1) is 12.5 Å². The average molecular weight is 533 g/mol. The maximum atomic E-state index is 13.3. The highest BCUT2D eigenvalue weighted by atomic mass is 32.1. The number of likely N-dealkylation sites (tertiary alicyclic amines) is 1. The zero-order valence-electron chi connectivity index (χ0n) is 20.5. The Morgan fingerprint density at radius 2 is 1.64 bits per heavy atom. The van der Waals surface area contributed by atoms with Gasteiger partial charge in [0.15, 0.2) is 0 Å². The number of rotatable bonds is 13. The number of amides is 5. The largest absolute Gasteiger partial charge is 0.480 e. The van der Waals surface area contributed by atoms with E-state index in [4.69, 9.17) is 11.5 Å². The van der Waals surface area contributed by atoms with Crippen LogP contribution in [0.15, 0.2) is 0 Å². The molecule has 0 spiro atoms. The Bertz CT molecular complexity index is 854. The molecule has 0 bridgehead atoms. The number of hydrogen-bond donors (Lipinski definition) is 8. The molecule has 9 N–H and O–H groups in total. The van der Waals surface area contributed by atoms with Crippen LogP contribution < -0.4 is 27.4 Å². The van der Waals surface area contributed by atoms with Crippen molar-refractivity contribution in [2.75, 3.05) is 12.3 Å². The number of hydrogen-bond acceptors (Lipinski definition) is 9. The molecule has 14 nitrogen and oxygen atoms in total. The van der Waals surface area contributed by atoms with Gasteiger partial charge in [-0.1, -0.05) is 13.8 Å². The number of carbonyl (C=O) groups is 6. The second kappa shape index (κ2) is 14.0. The summed E-state index contributed by atoms with van der Waals surface area (Å²) in [5.74, 6) is -5.69. The van der Waals surface area contributed by atoms with Crippen LogP contribution in [0.4, 0.5) is 0 Å². The smallest absolute Gasteiger partial charge is 0.326 e. The summed E-state index contributed by atoms with van der Waals surface area (Å²) in [6.07, 6.45) is -1.04. The minimum Gasteiger partial charge on any atom is -0.480 e. The van der Waals surface area contributed by atoms with Crippen LogP contribution in [0.25, 0.3) is 0 Å². The fraction of sp³-hybridized carbons (Fsp3) is 0.714. The van der Waals surface area contributed by atoms with Crippen LogP contribution in [0.1, 0.15) is 40.0 Å². The maximum Gasteiger partial charge on any atom is 0.326 e. The van der Waals surface area contributed by atoms with Gasteiger partial charge in [0, 0.05) is 12.3 Å². The van der Waals surface area contributed by atoms with Gasteiger partial charge in [0.25, 0.3) is 0 Å². The average Bonchev–Trinajstić information content (AvgIpc) is 3.28. The summed E-state index contributed by atoms with van der Waals surface area (Å²) in [5, 5.41) is 25.9. The standard InChI is InChI=1S/C21H36N6O8S/c1-9(2)16(26-17(30)12(8-36)25-19(32)15(23)10(3)28)20(33)27-6-4-5-13(27)18(31)24-11(21(34)35)7-14(22)29/h9-13,15-16,28,36H,4-8,23H2,1-3H3,(H2,22,29)(H,24,31)(H,25,32)(H,26,30)(H,34,35). The monoisotopic (exact) mass is 532 g/mol. The lowest BCUT2D eigenvalue weighted by atomic mass is 10.0. The predicted octanol–water partition coefficient (Wildman–Crippen LogP) is -3.31. The van der Waals surface area contributed by atoms with Gasteiger partial charge in [-0.05, 0) is 25.7 Å². The lowest BCUT2D eigenvalue weighted by Crippen LogP contribution is -2.60. The van der Waals surface area contributed by atoms with Crippen molar-refractivity contribution in [3.8, 4) is 0 Å². The third kappa shape index (κ3) is 8.64. The van der Waals surface area contributed by atoms with Crippen LogP contribution in [0.3, 0.4) is 0 Å². The molecule has 1 saturated heterocycles. The normalized spacial score (nSPS) is 19.5. The van der Waals surface area contributed by atoms with Crippen molar-refractivity contribution < 1.29 is 39.0 Å². The molecule has 1 aliphatic rings. The van der Waals surface area contributed by atoms with Gasteiger partial charge < -0.3 is 42.5 Å². The molecule has 204 valence electrons. The van der Waals surface area contributed by atoms with E-state index in [1.165, 1.54) is 11.8 Å². The summed E-state index contributed by atoms with van der Waals surface area (Å²) in [5.41, 5.74) is 10.6. The summed E-state index contributed by atoms with van der Waals surface area (Å²) in [6.45, 7) is 4.88. The zero-order valence-corrected chi connectivity index (χ0v) is 21.4. The van der Waals surface area contributed by atoms with Crippen molar-refractivity contribution in [2.24, 2.45) is 17.4 Å². The number of nitrogens with one attached hydrogen (secondary N) is 3. The van der Waals surface area contributed by atoms with E-state index in [0.29, 0.717) is 6.42 Å². The summed E-state index contributed by atoms with van der Waals surface area (Å²) in [7, 11) is 0. The molecular formula is C21H36N6O8S. The van der Waals surface area contributed by atoms with E-state index in [0.717, 1.165) is 0 Å². The van der Waals surface area contributed by atoms with Gasteiger partial charge in [-0.15, -0.1) is 0 Å². The number of nitrogens with two attached hydrogens (primary N) is 2. The molecule has 15 heteroatoms. The van der Waals surface area contributed by atoms with E-state index in [2.05, 4.69) is 28.6 Å². The Morgan fingerprint density at radius 1 is 1.03 bits per heavy atom. The van der Waals surface area contributed by atoms with Crippen molar-refractivity contribution in [3.63, 3.8) is 0 Å². The predicted molar refractivity (Wildman–Crippen MR) is 130 cm³/mol. The minimum absolute atomic E-state index is 0.117. The number of aliphatic hydroxyl groups excluding tert-OH is 1. The van der Waals surface area contributed by atoms with Crippen molar-refractivity contribution in [1.29, 1.82) is 0 Å². The van der Waals surface area contributed by atoms with E-state index in [9.17, 15) is 39.0 Å². The first-order chi connectivity index (χ1) is 16.7. The van der Waals surface area contributed by atoms with Crippen molar-refractivity contribution in [2.45, 2.75) is 76.3 Å². The molecule has 0 aliphatic carbocycles. The van der Waals surface area contributed by atoms with Gasteiger partial charge in [0.2, 0.25) is 29.5 Å². The highest BCUT2D eigenvalue weighted by Crippen LogP contribution is 2.21. The summed E-state index contributed by atoms with van der Waals surface area (Å²) in [6, 6.07) is -6.04. The molecule has 1 fully saturated rings. The van der Waals surface area contributed by atoms with E-state index in [-0.39, 0.29) is 18.7 Å². The fourth-order valence-electron chi connectivity index (χ4n) is 3.60. The van der Waals surface area contributed by atoms with Crippen LogP contribution in [0.2, 0.25) is 0 Å². The number of aliphatic hydroxyl groups is 1. The third-order valence-corrected chi connectivity index (χ3v) is 6.09. The minimum atomic E-state index is -1.54. The Labute approximate surface area is 214 Å². The number of carboxylic acids is 1. The number of primary amides is 1. The first-order valence-corrected chi connectivity index (χ1v) is 12.1. The topological polar surface area (TPSA) is 234 Å². The van der Waals surface area contributed by atoms with Gasteiger partial charge in [0.1, 0.15) is 30.2 Å². The van der Waals surface area contributed by atoms with Crippen LogP contribution >= 0.6 is 12.6 Å². The molecule has 1 rings (SSSR count). The molecule has 1 heterocycles. The van der Waals surface area contributed by atoms with Gasteiger partial charge in [-0.25, -0.2) is 4.79 Å². The van der Waals surface area contributed by atoms with Crippen molar-refractivity contribution >= 4 is 48.1 Å². The quantitative estimate of drug-likeness (QED) is 0.111. The number of carboxylic acid groups (broad SMARTS) is 1. The number of thiol groups is 1. The zero-order chi connectivity index (χ0) is 27.7. The SMILES string of the molecule is CC(C)C(NC(=O)C(CS)NC(=O)C(N)C(C)O)C(=O)N1CCCC1C(=O)NC(CC(N)=O)C(=O)O. The van der Waals surface area contributed by atoms with E-state index >= 15 is 0 Å². The number of nitrogens with zero attached hydrogens (tertiary/aromatic N) is 1. The van der Waals surface area contributed by atoms with Crippen LogP contribution in [0, 0.1) is 5.92 Å². The molecule has 36 heavy (non-hydrogen) atoms. The van der Waals surface area contributed by atoms with Gasteiger partial charge >= 0.3 is 5.97 Å². The summed E-state index contributed by atoms with van der Waals surface area (Å²) >= 11 is 4.07. The first kappa shape index (κ1) is 31.1. The second-order valence-electron chi connectivity index (χ2n) is 9.00. The lowest BCUT2D eigenvalue weighted by molar-refractivity contribution is -0.146. The number of aliphatic carboxylic acids is 1. The Morgan fingerprint density at radius 3 is 2.11 bits per heavy atom. The van der Waals surface area contributed by atoms with Gasteiger partial charge in [-0.2, -0.15) is 12.6 Å². The van der Waals surface area contributed by atoms with Crippen molar-refractivity contribution in [3.05, 3.63) is 0 Å². The highest BCUT2D eigenvalue weighted by molar-refractivity contribution is 7.80. The van der Waals surface area contributed by atoms with E-state index in [1.54, 1.807) is 13.8 Å². The maximum absolute atomic E-state index is 13.3. The lowest BCUT2D eigenvalue weighted by Gasteiger charge is -2.32. The second-order valence-corrected chi connectivity index (χ2v) is 9.37. The molecule has 0 saturated carbocycles. The van der Waals surface area contributed by atoms with E-state index < -0.39 is 84.2 Å². The summed E-state index contributed by atoms with van der Waals surface area (Å²) < 4.78 is 0. The van der Waals surface area contributed by atoms with Gasteiger partial charge in [-0.3, -0.25) is 24.0 Å². The highest BCUT2D eigenvalue weighted by Gasteiger charge is 2.40. The van der Waals surface area contributed by atoms with Crippen LogP contribution in [0.5, 0.6) is 0 Å². The fourth-order valence-corrected chi connectivity index (χ4v) is 3.86. The molecule has 0 aromatic carbocycles. The molecule has 5 amide bonds. The molecule has 6 atom stereocenters. The molecule has 6 unspecified atom stereocenters. The Balaban J connectivity index is 2.98. The third-order valence-electron chi connectivity index (χ3n) is 5.73. The number of carbonyl (C=O) groups excluding carboxylic acids is 5. The Hall–Kier alpha value is -2.91. The molecule has 0 radical (unpaired) electrons. The first-order valence-electron chi connectivity index (χ1n) is 11.5. The van der Waals surface area contributed by atoms with Crippen LogP contribution in [-0.4, -0.2) is 99.2 Å². The molecule has 0 aromatic heterocycles. The molecular weight excluding hydrogens is 496 g/mol. The van der Waals surface area contributed by atoms with E-state index in [1.807, 2.05) is 0 Å². The molecule has 1 aliphatic heterocycles.